The van der Waals surface area contributed by atoms with Gasteiger partial charge in [0.25, 0.3) is 0 Å². The molecule has 1 aliphatic heterocycles. The first-order chi connectivity index (χ1) is 12.3. The van der Waals surface area contributed by atoms with Crippen molar-refractivity contribution in [3.63, 3.8) is 0 Å². The number of aromatic nitrogens is 2. The fourth-order valence-corrected chi connectivity index (χ4v) is 4.03. The van der Waals surface area contributed by atoms with Gasteiger partial charge in [0, 0.05) is 39.5 Å². The SMILES string of the molecule is Cc1ccc(S(=O)(=O)CCC(=O)N2CCN(c3nnc(C)o3)CC2)cc1. The maximum Gasteiger partial charge on any atom is 0.318 e. The van der Waals surface area contributed by atoms with Gasteiger partial charge in [-0.15, -0.1) is 5.10 Å². The standard InChI is InChI=1S/C17H22N4O4S/c1-13-3-5-15(6-4-13)26(23,24)12-7-16(22)20-8-10-21(11-9-20)17-19-18-14(2)25-17/h3-6H,7-12H2,1-2H3. The quantitative estimate of drug-likeness (QED) is 0.771. The minimum atomic E-state index is -3.45. The Labute approximate surface area is 152 Å². The van der Waals surface area contributed by atoms with Crippen LogP contribution in [0.4, 0.5) is 6.01 Å². The summed E-state index contributed by atoms with van der Waals surface area (Å²) in [7, 11) is -3.45. The van der Waals surface area contributed by atoms with Crippen LogP contribution in [0, 0.1) is 13.8 Å². The lowest BCUT2D eigenvalue weighted by Gasteiger charge is -2.33. The molecule has 8 nitrogen and oxygen atoms in total. The Bertz CT molecular complexity index is 868. The monoisotopic (exact) mass is 378 g/mol. The van der Waals surface area contributed by atoms with E-state index < -0.39 is 9.84 Å². The van der Waals surface area contributed by atoms with Crippen molar-refractivity contribution in [3.8, 4) is 0 Å². The molecule has 26 heavy (non-hydrogen) atoms. The van der Waals surface area contributed by atoms with Crippen molar-refractivity contribution in [2.75, 3.05) is 36.8 Å². The predicted molar refractivity (Wildman–Crippen MR) is 95.7 cm³/mol. The molecule has 1 aliphatic rings. The van der Waals surface area contributed by atoms with E-state index in [0.29, 0.717) is 38.1 Å². The minimum absolute atomic E-state index is 0.0180. The van der Waals surface area contributed by atoms with Crippen molar-refractivity contribution in [2.45, 2.75) is 25.2 Å². The minimum Gasteiger partial charge on any atom is -0.408 e. The Hall–Kier alpha value is -2.42. The van der Waals surface area contributed by atoms with Crippen molar-refractivity contribution in [1.82, 2.24) is 15.1 Å². The van der Waals surface area contributed by atoms with E-state index in [0.717, 1.165) is 5.56 Å². The number of amides is 1. The van der Waals surface area contributed by atoms with Crippen LogP contribution < -0.4 is 4.90 Å². The predicted octanol–water partition coefficient (Wildman–Crippen LogP) is 1.20. The molecule has 3 rings (SSSR count). The third kappa shape index (κ3) is 4.21. The lowest BCUT2D eigenvalue weighted by atomic mass is 10.2. The summed E-state index contributed by atoms with van der Waals surface area (Å²) in [6.45, 7) is 5.80. The molecular formula is C17H22N4O4S. The fraction of sp³-hybridized carbons (Fsp3) is 0.471. The smallest absolute Gasteiger partial charge is 0.318 e. The zero-order valence-electron chi connectivity index (χ0n) is 14.9. The summed E-state index contributed by atoms with van der Waals surface area (Å²) in [6.07, 6.45) is -0.0180. The molecule has 1 aromatic carbocycles. The topological polar surface area (TPSA) is 96.6 Å². The van der Waals surface area contributed by atoms with E-state index in [1.165, 1.54) is 0 Å². The summed E-state index contributed by atoms with van der Waals surface area (Å²) in [4.78, 5) is 16.2. The largest absolute Gasteiger partial charge is 0.408 e. The number of benzene rings is 1. The highest BCUT2D eigenvalue weighted by atomic mass is 32.2. The van der Waals surface area contributed by atoms with Crippen molar-refractivity contribution in [3.05, 3.63) is 35.7 Å². The zero-order chi connectivity index (χ0) is 18.7. The number of carbonyl (C=O) groups is 1. The molecule has 2 aromatic rings. The third-order valence-corrected chi connectivity index (χ3v) is 6.11. The molecule has 0 aliphatic carbocycles. The Morgan fingerprint density at radius 3 is 2.31 bits per heavy atom. The maximum atomic E-state index is 12.4. The Morgan fingerprint density at radius 1 is 1.08 bits per heavy atom. The second-order valence-electron chi connectivity index (χ2n) is 6.35. The van der Waals surface area contributed by atoms with Crippen molar-refractivity contribution in [2.24, 2.45) is 0 Å². The number of carbonyl (C=O) groups excluding carboxylic acids is 1. The number of nitrogens with zero attached hydrogens (tertiary/aromatic N) is 4. The van der Waals surface area contributed by atoms with Crippen molar-refractivity contribution in [1.29, 1.82) is 0 Å². The summed E-state index contributed by atoms with van der Waals surface area (Å²) in [5.41, 5.74) is 0.995. The van der Waals surface area contributed by atoms with Crippen LogP contribution in [0.15, 0.2) is 33.6 Å². The van der Waals surface area contributed by atoms with Crippen LogP contribution in [0.25, 0.3) is 0 Å². The number of hydrogen-bond donors (Lipinski definition) is 0. The molecule has 140 valence electrons. The molecule has 0 N–H and O–H groups in total. The molecule has 9 heteroatoms. The molecule has 0 saturated carbocycles. The number of sulfone groups is 1. The van der Waals surface area contributed by atoms with Crippen LogP contribution in [0.2, 0.25) is 0 Å². The van der Waals surface area contributed by atoms with Crippen LogP contribution in [-0.4, -0.2) is 61.4 Å². The van der Waals surface area contributed by atoms with E-state index >= 15 is 0 Å². The summed E-state index contributed by atoms with van der Waals surface area (Å²) >= 11 is 0. The summed E-state index contributed by atoms with van der Waals surface area (Å²) in [5.74, 6) is 0.166. The average Bonchev–Trinajstić information content (AvgIpc) is 3.07. The first kappa shape index (κ1) is 18.4. The number of aryl methyl sites for hydroxylation is 2. The van der Waals surface area contributed by atoms with Crippen molar-refractivity contribution >= 4 is 21.8 Å². The van der Waals surface area contributed by atoms with Gasteiger partial charge >= 0.3 is 6.01 Å². The van der Waals surface area contributed by atoms with Gasteiger partial charge in [-0.05, 0) is 19.1 Å². The highest BCUT2D eigenvalue weighted by Gasteiger charge is 2.25. The van der Waals surface area contributed by atoms with Gasteiger partial charge in [-0.3, -0.25) is 4.79 Å². The molecule has 0 unspecified atom stereocenters. The maximum absolute atomic E-state index is 12.4. The van der Waals surface area contributed by atoms with E-state index in [1.54, 1.807) is 36.1 Å². The van der Waals surface area contributed by atoms with Gasteiger partial charge in [0.1, 0.15) is 0 Å². The van der Waals surface area contributed by atoms with Crippen LogP contribution in [0.1, 0.15) is 17.9 Å². The van der Waals surface area contributed by atoms with Crippen molar-refractivity contribution < 1.29 is 17.6 Å². The molecule has 0 atom stereocenters. The normalized spacial score (nSPS) is 15.3. The van der Waals surface area contributed by atoms with Crippen LogP contribution in [-0.2, 0) is 14.6 Å². The first-order valence-corrected chi connectivity index (χ1v) is 10.1. The lowest BCUT2D eigenvalue weighted by molar-refractivity contribution is -0.131. The van der Waals surface area contributed by atoms with E-state index in [1.807, 2.05) is 11.8 Å². The molecule has 1 aromatic heterocycles. The second-order valence-corrected chi connectivity index (χ2v) is 8.46. The van der Waals surface area contributed by atoms with Gasteiger partial charge in [-0.1, -0.05) is 22.8 Å². The van der Waals surface area contributed by atoms with Crippen LogP contribution >= 0.6 is 0 Å². The zero-order valence-corrected chi connectivity index (χ0v) is 15.7. The van der Waals surface area contributed by atoms with Gasteiger partial charge in [0.15, 0.2) is 9.84 Å². The Balaban J connectivity index is 1.52. The molecule has 0 radical (unpaired) electrons. The average molecular weight is 378 g/mol. The fourth-order valence-electron chi connectivity index (χ4n) is 2.80. The highest BCUT2D eigenvalue weighted by Crippen LogP contribution is 2.16. The molecule has 1 fully saturated rings. The second kappa shape index (κ2) is 7.45. The van der Waals surface area contributed by atoms with E-state index in [2.05, 4.69) is 10.2 Å². The van der Waals surface area contributed by atoms with Gasteiger partial charge < -0.3 is 14.2 Å². The highest BCUT2D eigenvalue weighted by molar-refractivity contribution is 7.91. The van der Waals surface area contributed by atoms with Gasteiger partial charge in [0.05, 0.1) is 10.6 Å². The Kier molecular flexibility index (Phi) is 5.26. The van der Waals surface area contributed by atoms with Gasteiger partial charge in [-0.2, -0.15) is 0 Å². The number of anilines is 1. The van der Waals surface area contributed by atoms with E-state index in [-0.39, 0.29) is 23.0 Å². The lowest BCUT2D eigenvalue weighted by Crippen LogP contribution is -2.49. The summed E-state index contributed by atoms with van der Waals surface area (Å²) in [5, 5.41) is 7.78. The summed E-state index contributed by atoms with van der Waals surface area (Å²) in [6, 6.07) is 7.14. The van der Waals surface area contributed by atoms with Crippen LogP contribution in [0.5, 0.6) is 0 Å². The summed E-state index contributed by atoms with van der Waals surface area (Å²) < 4.78 is 30.1. The molecule has 0 bridgehead atoms. The van der Waals surface area contributed by atoms with Crippen LogP contribution in [0.3, 0.4) is 0 Å². The van der Waals surface area contributed by atoms with E-state index in [4.69, 9.17) is 4.42 Å². The molecular weight excluding hydrogens is 356 g/mol. The third-order valence-electron chi connectivity index (χ3n) is 4.38. The number of piperazine rings is 1. The Morgan fingerprint density at radius 2 is 1.73 bits per heavy atom. The molecule has 2 heterocycles. The first-order valence-electron chi connectivity index (χ1n) is 8.47. The molecule has 0 spiro atoms. The number of hydrogen-bond acceptors (Lipinski definition) is 7. The van der Waals surface area contributed by atoms with Gasteiger partial charge in [0.2, 0.25) is 11.8 Å². The number of rotatable bonds is 5. The van der Waals surface area contributed by atoms with Gasteiger partial charge in [-0.25, -0.2) is 8.42 Å². The molecule has 1 saturated heterocycles. The van der Waals surface area contributed by atoms with E-state index in [9.17, 15) is 13.2 Å². The molecule has 1 amide bonds.